The van der Waals surface area contributed by atoms with Crippen molar-refractivity contribution in [3.63, 3.8) is 0 Å². The van der Waals surface area contributed by atoms with E-state index in [-0.39, 0.29) is 11.8 Å². The summed E-state index contributed by atoms with van der Waals surface area (Å²) >= 11 is 0. The highest BCUT2D eigenvalue weighted by Crippen LogP contribution is 2.54. The van der Waals surface area contributed by atoms with Crippen molar-refractivity contribution in [2.45, 2.75) is 24.8 Å². The summed E-state index contributed by atoms with van der Waals surface area (Å²) in [5, 5.41) is 7.32. The maximum Gasteiger partial charge on any atom is 0.257 e. The van der Waals surface area contributed by atoms with Gasteiger partial charge >= 0.3 is 0 Å². The zero-order chi connectivity index (χ0) is 22.0. The Hall–Kier alpha value is -4.01. The average Bonchev–Trinajstić information content (AvgIpc) is 3.56. The number of carbonyl (C=O) groups is 2. The number of carbonyl (C=O) groups excluding carboxylic acids is 2. The van der Waals surface area contributed by atoms with Crippen molar-refractivity contribution in [2.24, 2.45) is 7.05 Å². The molecule has 3 aromatic heterocycles. The lowest BCUT2D eigenvalue weighted by Gasteiger charge is -2.33. The number of amides is 2. The van der Waals surface area contributed by atoms with E-state index < -0.39 is 11.5 Å². The summed E-state index contributed by atoms with van der Waals surface area (Å²) in [4.78, 5) is 38.1. The molecule has 4 aromatic rings. The summed E-state index contributed by atoms with van der Waals surface area (Å²) in [6.07, 6.45) is 7.30. The summed E-state index contributed by atoms with van der Waals surface area (Å²) in [6, 6.07) is 8.95. The number of nitrogens with zero attached hydrogens (tertiary/aromatic N) is 6. The molecule has 9 nitrogen and oxygen atoms in total. The van der Waals surface area contributed by atoms with Gasteiger partial charge in [0.15, 0.2) is 5.65 Å². The zero-order valence-corrected chi connectivity index (χ0v) is 17.7. The molecule has 32 heavy (non-hydrogen) atoms. The molecule has 0 bridgehead atoms. The molecule has 2 atom stereocenters. The number of aryl methyl sites for hydroxylation is 2. The number of aromatic nitrogens is 5. The van der Waals surface area contributed by atoms with Crippen molar-refractivity contribution < 1.29 is 9.59 Å². The van der Waals surface area contributed by atoms with Crippen LogP contribution in [-0.4, -0.2) is 47.4 Å². The number of imidazole rings is 1. The minimum atomic E-state index is -0.900. The number of anilines is 1. The quantitative estimate of drug-likeness (QED) is 0.529. The van der Waals surface area contributed by atoms with Crippen LogP contribution in [-0.2, 0) is 17.3 Å². The molecule has 160 valence electrons. The Morgan fingerprint density at radius 2 is 2.03 bits per heavy atom. The third kappa shape index (κ3) is 2.30. The number of hydrogen-bond donors (Lipinski definition) is 1. The van der Waals surface area contributed by atoms with Crippen LogP contribution in [0.5, 0.6) is 0 Å². The second kappa shape index (κ2) is 6.49. The minimum absolute atomic E-state index is 0.0978. The molecule has 1 saturated heterocycles. The van der Waals surface area contributed by atoms with Crippen LogP contribution >= 0.6 is 0 Å². The lowest BCUT2D eigenvalue weighted by atomic mass is 9.74. The van der Waals surface area contributed by atoms with E-state index in [4.69, 9.17) is 0 Å². The van der Waals surface area contributed by atoms with Crippen LogP contribution in [0.25, 0.3) is 5.65 Å². The normalized spacial score (nSPS) is 22.0. The number of hydrogen-bond acceptors (Lipinski definition) is 5. The first-order chi connectivity index (χ1) is 15.5. The van der Waals surface area contributed by atoms with Gasteiger partial charge in [-0.2, -0.15) is 5.10 Å². The Kier molecular flexibility index (Phi) is 3.80. The monoisotopic (exact) mass is 427 g/mol. The van der Waals surface area contributed by atoms with Crippen molar-refractivity contribution in [2.75, 3.05) is 11.9 Å². The van der Waals surface area contributed by atoms with Gasteiger partial charge in [0.2, 0.25) is 5.91 Å². The van der Waals surface area contributed by atoms with Crippen molar-refractivity contribution in [3.8, 4) is 0 Å². The maximum atomic E-state index is 13.9. The SMILES string of the molecule is Cc1c(C(=O)N2CC[C@]3(C(=O)Nc4ccccc43)[C@@H]2c2nccn2C)cnc2ccnn12. The van der Waals surface area contributed by atoms with E-state index in [1.54, 1.807) is 34.1 Å². The van der Waals surface area contributed by atoms with Gasteiger partial charge in [-0.3, -0.25) is 9.59 Å². The third-order valence-corrected chi connectivity index (χ3v) is 6.84. The van der Waals surface area contributed by atoms with Crippen LogP contribution in [0.1, 0.15) is 39.9 Å². The summed E-state index contributed by atoms with van der Waals surface area (Å²) < 4.78 is 3.54. The maximum absolute atomic E-state index is 13.9. The number of benzene rings is 1. The van der Waals surface area contributed by atoms with E-state index in [0.717, 1.165) is 11.3 Å². The van der Waals surface area contributed by atoms with E-state index in [1.165, 1.54) is 0 Å². The standard InChI is InChI=1S/C23H21N7O2/c1-14-15(13-25-18-7-9-26-30(14)18)21(31)29-11-8-23(19(29)20-24-10-12-28(20)2)16-5-3-4-6-17(16)27-22(23)32/h3-7,9-10,12-13,19H,8,11H2,1-2H3,(H,27,32)/t19-,23+/m0/s1. The summed E-state index contributed by atoms with van der Waals surface area (Å²) in [6.45, 7) is 2.28. The molecule has 0 aliphatic carbocycles. The molecule has 6 rings (SSSR count). The average molecular weight is 427 g/mol. The molecular formula is C23H21N7O2. The second-order valence-corrected chi connectivity index (χ2v) is 8.38. The van der Waals surface area contributed by atoms with E-state index in [2.05, 4.69) is 20.4 Å². The molecule has 0 saturated carbocycles. The first-order valence-corrected chi connectivity index (χ1v) is 10.5. The predicted molar refractivity (Wildman–Crippen MR) is 116 cm³/mol. The van der Waals surface area contributed by atoms with Crippen molar-refractivity contribution in [1.29, 1.82) is 0 Å². The van der Waals surface area contributed by atoms with E-state index >= 15 is 0 Å². The number of likely N-dealkylation sites (tertiary alicyclic amines) is 1. The fraction of sp³-hybridized carbons (Fsp3) is 0.261. The van der Waals surface area contributed by atoms with Crippen molar-refractivity contribution in [3.05, 3.63) is 77.8 Å². The Labute approximate surface area is 183 Å². The van der Waals surface area contributed by atoms with Gasteiger partial charge in [0.05, 0.1) is 17.5 Å². The second-order valence-electron chi connectivity index (χ2n) is 8.38. The van der Waals surface area contributed by atoms with E-state index in [9.17, 15) is 9.59 Å². The first kappa shape index (κ1) is 18.7. The summed E-state index contributed by atoms with van der Waals surface area (Å²) in [5.74, 6) is 0.391. The first-order valence-electron chi connectivity index (χ1n) is 10.5. The summed E-state index contributed by atoms with van der Waals surface area (Å²) in [7, 11) is 1.89. The van der Waals surface area contributed by atoms with Crippen molar-refractivity contribution >= 4 is 23.1 Å². The van der Waals surface area contributed by atoms with Crippen LogP contribution in [0, 0.1) is 6.92 Å². The van der Waals surface area contributed by atoms with Crippen LogP contribution < -0.4 is 5.32 Å². The number of rotatable bonds is 2. The van der Waals surface area contributed by atoms with Gasteiger partial charge in [0.25, 0.3) is 5.91 Å². The van der Waals surface area contributed by atoms with Gasteiger partial charge in [-0.1, -0.05) is 18.2 Å². The highest BCUT2D eigenvalue weighted by Gasteiger charge is 2.60. The molecule has 0 unspecified atom stereocenters. The fourth-order valence-electron chi connectivity index (χ4n) is 5.26. The molecular weight excluding hydrogens is 406 g/mol. The van der Waals surface area contributed by atoms with Gasteiger partial charge in [-0.15, -0.1) is 0 Å². The fourth-order valence-corrected chi connectivity index (χ4v) is 5.26. The Morgan fingerprint density at radius 3 is 2.84 bits per heavy atom. The molecule has 2 aliphatic heterocycles. The van der Waals surface area contributed by atoms with Crippen LogP contribution in [0.15, 0.2) is 55.1 Å². The molecule has 1 aromatic carbocycles. The molecule has 0 radical (unpaired) electrons. The van der Waals surface area contributed by atoms with Gasteiger partial charge in [0.1, 0.15) is 17.3 Å². The molecule has 2 amide bonds. The van der Waals surface area contributed by atoms with Crippen LogP contribution in [0.2, 0.25) is 0 Å². The molecule has 5 heterocycles. The largest absolute Gasteiger partial charge is 0.336 e. The minimum Gasteiger partial charge on any atom is -0.336 e. The third-order valence-electron chi connectivity index (χ3n) is 6.84. The summed E-state index contributed by atoms with van der Waals surface area (Å²) in [5.41, 5.74) is 2.65. The smallest absolute Gasteiger partial charge is 0.257 e. The Morgan fingerprint density at radius 1 is 1.19 bits per heavy atom. The van der Waals surface area contributed by atoms with Gasteiger partial charge in [-0.05, 0) is 25.0 Å². The molecule has 2 aliphatic rings. The van der Waals surface area contributed by atoms with Gasteiger partial charge in [-0.25, -0.2) is 14.5 Å². The van der Waals surface area contributed by atoms with Gasteiger partial charge < -0.3 is 14.8 Å². The zero-order valence-electron chi connectivity index (χ0n) is 17.7. The van der Waals surface area contributed by atoms with Crippen LogP contribution in [0.4, 0.5) is 5.69 Å². The molecule has 1 N–H and O–H groups in total. The lowest BCUT2D eigenvalue weighted by Crippen LogP contribution is -2.44. The highest BCUT2D eigenvalue weighted by molar-refractivity contribution is 6.08. The van der Waals surface area contributed by atoms with E-state index in [0.29, 0.717) is 35.7 Å². The predicted octanol–water partition coefficient (Wildman–Crippen LogP) is 2.25. The van der Waals surface area contributed by atoms with Crippen molar-refractivity contribution in [1.82, 2.24) is 29.0 Å². The Bertz CT molecular complexity index is 1400. The number of nitrogens with one attached hydrogen (secondary N) is 1. The van der Waals surface area contributed by atoms with Gasteiger partial charge in [0, 0.05) is 43.9 Å². The Balaban J connectivity index is 1.53. The van der Waals surface area contributed by atoms with E-state index in [1.807, 2.05) is 49.0 Å². The number of fused-ring (bicyclic) bond motifs is 3. The molecule has 1 spiro atoms. The van der Waals surface area contributed by atoms with Crippen LogP contribution in [0.3, 0.4) is 0 Å². The number of para-hydroxylation sites is 1. The lowest BCUT2D eigenvalue weighted by molar-refractivity contribution is -0.121. The molecule has 9 heteroatoms. The topological polar surface area (TPSA) is 97.4 Å². The molecule has 1 fully saturated rings. The highest BCUT2D eigenvalue weighted by atomic mass is 16.2.